The van der Waals surface area contributed by atoms with Crippen LogP contribution in [0.15, 0.2) is 243 Å². The zero-order valence-electron chi connectivity index (χ0n) is 35.9. The third-order valence-corrected chi connectivity index (χ3v) is 14.7. The van der Waals surface area contributed by atoms with E-state index in [2.05, 4.69) is 243 Å². The summed E-state index contributed by atoms with van der Waals surface area (Å²) in [7, 11) is 0. The Morgan fingerprint density at radius 1 is 0.318 bits per heavy atom. The van der Waals surface area contributed by atoms with E-state index in [0.29, 0.717) is 5.82 Å². The first kappa shape index (κ1) is 38.2. The highest BCUT2D eigenvalue weighted by atomic mass is 32.1. The van der Waals surface area contributed by atoms with Crippen molar-refractivity contribution in [2.75, 3.05) is 0 Å². The smallest absolute Gasteiger partial charge is 0.160 e. The van der Waals surface area contributed by atoms with Crippen LogP contribution >= 0.6 is 11.3 Å². The molecule has 0 fully saturated rings. The van der Waals surface area contributed by atoms with Gasteiger partial charge in [-0.25, -0.2) is 9.97 Å². The van der Waals surface area contributed by atoms with Crippen LogP contribution in [-0.4, -0.2) is 9.97 Å². The molecule has 0 amide bonds. The van der Waals surface area contributed by atoms with E-state index in [4.69, 9.17) is 9.97 Å². The molecule has 66 heavy (non-hydrogen) atoms. The Bertz CT molecular complexity index is 3780. The molecule has 1 aliphatic rings. The van der Waals surface area contributed by atoms with Crippen LogP contribution in [0.1, 0.15) is 22.3 Å². The van der Waals surface area contributed by atoms with Gasteiger partial charge in [-0.2, -0.15) is 0 Å². The average Bonchev–Trinajstić information content (AvgIpc) is 3.93. The van der Waals surface area contributed by atoms with Gasteiger partial charge in [0.1, 0.15) is 0 Å². The number of benzene rings is 10. The van der Waals surface area contributed by atoms with E-state index in [-0.39, 0.29) is 0 Å². The Balaban J connectivity index is 1.06. The zero-order chi connectivity index (χ0) is 43.6. The van der Waals surface area contributed by atoms with Gasteiger partial charge in [0.25, 0.3) is 0 Å². The summed E-state index contributed by atoms with van der Waals surface area (Å²) in [5, 5.41) is 5.03. The molecule has 0 bridgehead atoms. The largest absolute Gasteiger partial charge is 0.228 e. The second kappa shape index (κ2) is 15.5. The SMILES string of the molecule is c1ccc(-c2nc(-c3cc(-c4ccc5ccccc5c4)cc(-c4ccc5c(c4)sc4ccccc45)c3)cc(-c3cccc4c3-c3ccccc3C4(c3ccccc3)c3ccccc3)n2)cc1. The predicted molar refractivity (Wildman–Crippen MR) is 277 cm³/mol. The van der Waals surface area contributed by atoms with E-state index < -0.39 is 5.41 Å². The minimum Gasteiger partial charge on any atom is -0.228 e. The van der Waals surface area contributed by atoms with E-state index in [1.165, 1.54) is 69.9 Å². The van der Waals surface area contributed by atoms with Gasteiger partial charge in [0.15, 0.2) is 5.82 Å². The van der Waals surface area contributed by atoms with Gasteiger partial charge in [-0.15, -0.1) is 11.3 Å². The fraction of sp³-hybridized carbons (Fsp3) is 0.0159. The Kier molecular flexibility index (Phi) is 8.97. The number of thiophene rings is 1. The van der Waals surface area contributed by atoms with Crippen molar-refractivity contribution in [1.29, 1.82) is 0 Å². The van der Waals surface area contributed by atoms with Gasteiger partial charge in [0.2, 0.25) is 0 Å². The number of nitrogens with zero attached hydrogens (tertiary/aromatic N) is 2. The first-order valence-corrected chi connectivity index (χ1v) is 23.4. The van der Waals surface area contributed by atoms with E-state index in [1.807, 2.05) is 11.3 Å². The van der Waals surface area contributed by atoms with Crippen LogP contribution in [0.25, 0.3) is 98.2 Å². The lowest BCUT2D eigenvalue weighted by Crippen LogP contribution is -2.28. The van der Waals surface area contributed by atoms with Gasteiger partial charge in [-0.3, -0.25) is 0 Å². The molecule has 308 valence electrons. The molecule has 0 saturated carbocycles. The molecule has 0 atom stereocenters. The number of rotatable bonds is 7. The third kappa shape index (κ3) is 6.16. The first-order valence-electron chi connectivity index (χ1n) is 22.5. The van der Waals surface area contributed by atoms with E-state index >= 15 is 0 Å². The fourth-order valence-electron chi connectivity index (χ4n) is 10.5. The van der Waals surface area contributed by atoms with Crippen LogP contribution < -0.4 is 0 Å². The maximum atomic E-state index is 5.48. The van der Waals surface area contributed by atoms with Crippen LogP contribution in [0.4, 0.5) is 0 Å². The van der Waals surface area contributed by atoms with E-state index in [1.54, 1.807) is 0 Å². The van der Waals surface area contributed by atoms with Crippen LogP contribution in [0.5, 0.6) is 0 Å². The minimum atomic E-state index is -0.527. The lowest BCUT2D eigenvalue weighted by atomic mass is 9.67. The summed E-state index contributed by atoms with van der Waals surface area (Å²) in [4.78, 5) is 10.9. The summed E-state index contributed by atoms with van der Waals surface area (Å²) in [5.74, 6) is 0.689. The van der Waals surface area contributed by atoms with Crippen LogP contribution in [0.3, 0.4) is 0 Å². The normalized spacial score (nSPS) is 12.7. The summed E-state index contributed by atoms with van der Waals surface area (Å²) < 4.78 is 2.58. The van der Waals surface area contributed by atoms with Gasteiger partial charge in [-0.05, 0) is 109 Å². The average molecular weight is 857 g/mol. The van der Waals surface area contributed by atoms with Crippen LogP contribution in [-0.2, 0) is 5.41 Å². The highest BCUT2D eigenvalue weighted by Gasteiger charge is 2.46. The molecule has 2 nitrogen and oxygen atoms in total. The summed E-state index contributed by atoms with van der Waals surface area (Å²) in [6.45, 7) is 0. The molecule has 12 aromatic rings. The van der Waals surface area contributed by atoms with Crippen LogP contribution in [0, 0.1) is 0 Å². The quantitative estimate of drug-likeness (QED) is 0.160. The molecule has 10 aromatic carbocycles. The maximum absolute atomic E-state index is 5.48. The Morgan fingerprint density at radius 3 is 1.68 bits per heavy atom. The molecule has 2 aromatic heterocycles. The predicted octanol–water partition coefficient (Wildman–Crippen LogP) is 16.7. The molecule has 1 aliphatic carbocycles. The number of hydrogen-bond acceptors (Lipinski definition) is 3. The van der Waals surface area contributed by atoms with Gasteiger partial charge in [0, 0.05) is 36.9 Å². The highest BCUT2D eigenvalue weighted by molar-refractivity contribution is 7.25. The molecule has 0 saturated heterocycles. The fourth-order valence-corrected chi connectivity index (χ4v) is 11.7. The van der Waals surface area contributed by atoms with Crippen molar-refractivity contribution < 1.29 is 0 Å². The standard InChI is InChI=1S/C63H40N2S/c1-4-18-42(19-5-1)62-64-57(40-58(65-62)54-27-16-29-56-61(54)53-26-12-14-28-55(53)63(56,49-21-6-2-7-22-49)50-23-8-3-9-24-50)48-37-46(44-32-31-41-17-10-11-20-43(41)35-44)36-47(38-48)45-33-34-52-51-25-13-15-30-59(51)66-60(52)39-45/h1-40H. The second-order valence-corrected chi connectivity index (χ2v) is 18.3. The topological polar surface area (TPSA) is 25.8 Å². The van der Waals surface area contributed by atoms with E-state index in [9.17, 15) is 0 Å². The Hall–Kier alpha value is -8.24. The van der Waals surface area contributed by atoms with E-state index in [0.717, 1.165) is 44.8 Å². The Labute approximate surface area is 387 Å². The molecule has 0 aliphatic heterocycles. The maximum Gasteiger partial charge on any atom is 0.160 e. The van der Waals surface area contributed by atoms with Crippen molar-refractivity contribution in [1.82, 2.24) is 9.97 Å². The molecular weight excluding hydrogens is 817 g/mol. The van der Waals surface area contributed by atoms with Crippen molar-refractivity contribution in [3.63, 3.8) is 0 Å². The van der Waals surface area contributed by atoms with Gasteiger partial charge >= 0.3 is 0 Å². The lowest BCUT2D eigenvalue weighted by Gasteiger charge is -2.33. The molecule has 0 spiro atoms. The van der Waals surface area contributed by atoms with Crippen molar-refractivity contribution in [2.45, 2.75) is 5.41 Å². The number of aromatic nitrogens is 2. The summed E-state index contributed by atoms with van der Waals surface area (Å²) >= 11 is 1.85. The van der Waals surface area contributed by atoms with Crippen molar-refractivity contribution >= 4 is 42.3 Å². The van der Waals surface area contributed by atoms with Crippen molar-refractivity contribution in [3.8, 4) is 67.3 Å². The van der Waals surface area contributed by atoms with Gasteiger partial charge < -0.3 is 0 Å². The zero-order valence-corrected chi connectivity index (χ0v) is 36.7. The molecular formula is C63H40N2S. The van der Waals surface area contributed by atoms with Crippen LogP contribution in [0.2, 0.25) is 0 Å². The van der Waals surface area contributed by atoms with Gasteiger partial charge in [-0.1, -0.05) is 200 Å². The molecule has 2 heterocycles. The summed E-state index contributed by atoms with van der Waals surface area (Å²) in [5.41, 5.74) is 16.3. The van der Waals surface area contributed by atoms with Crippen molar-refractivity contribution in [2.24, 2.45) is 0 Å². The Morgan fingerprint density at radius 2 is 0.894 bits per heavy atom. The number of fused-ring (bicyclic) bond motifs is 7. The summed E-state index contributed by atoms with van der Waals surface area (Å²) in [6, 6.07) is 88.3. The molecule has 0 unspecified atom stereocenters. The van der Waals surface area contributed by atoms with Crippen molar-refractivity contribution in [3.05, 3.63) is 265 Å². The lowest BCUT2D eigenvalue weighted by molar-refractivity contribution is 0.768. The van der Waals surface area contributed by atoms with Gasteiger partial charge in [0.05, 0.1) is 16.8 Å². The summed E-state index contributed by atoms with van der Waals surface area (Å²) in [6.07, 6.45) is 0. The number of hydrogen-bond donors (Lipinski definition) is 0. The third-order valence-electron chi connectivity index (χ3n) is 13.5. The molecule has 3 heteroatoms. The molecule has 0 N–H and O–H groups in total. The first-order chi connectivity index (χ1) is 32.7. The molecule has 13 rings (SSSR count). The minimum absolute atomic E-state index is 0.527. The monoisotopic (exact) mass is 856 g/mol. The molecule has 0 radical (unpaired) electrons. The second-order valence-electron chi connectivity index (χ2n) is 17.3. The highest BCUT2D eigenvalue weighted by Crippen LogP contribution is 2.58.